The van der Waals surface area contributed by atoms with Crippen molar-refractivity contribution in [1.29, 1.82) is 0 Å². The molecule has 1 unspecified atom stereocenters. The normalized spacial score (nSPS) is 14.4. The molecule has 0 fully saturated rings. The standard InChI is InChI=1S/C18H32N2/c1-5-13-20(14-6-2)16-18(4,15-19-7-3)17-11-9-8-10-12-17/h8-12,19H,5-7,13-16H2,1-4H3. The van der Waals surface area contributed by atoms with Gasteiger partial charge in [0.2, 0.25) is 0 Å². The monoisotopic (exact) mass is 276 g/mol. The van der Waals surface area contributed by atoms with Crippen LogP contribution in [-0.2, 0) is 5.41 Å². The Balaban J connectivity index is 2.86. The first-order chi connectivity index (χ1) is 9.66. The topological polar surface area (TPSA) is 15.3 Å². The van der Waals surface area contributed by atoms with E-state index in [0.29, 0.717) is 0 Å². The number of rotatable bonds is 10. The van der Waals surface area contributed by atoms with E-state index in [2.05, 4.69) is 68.2 Å². The smallest absolute Gasteiger partial charge is 0.0177 e. The Bertz CT molecular complexity index is 344. The highest BCUT2D eigenvalue weighted by Crippen LogP contribution is 2.24. The van der Waals surface area contributed by atoms with Crippen LogP contribution in [0.15, 0.2) is 30.3 Å². The SMILES string of the molecule is CCCN(CCC)CC(C)(CNCC)c1ccccc1. The van der Waals surface area contributed by atoms with E-state index in [9.17, 15) is 0 Å². The molecule has 1 atom stereocenters. The maximum atomic E-state index is 3.55. The molecule has 0 spiro atoms. The highest BCUT2D eigenvalue weighted by Gasteiger charge is 2.28. The molecule has 20 heavy (non-hydrogen) atoms. The molecule has 2 nitrogen and oxygen atoms in total. The van der Waals surface area contributed by atoms with Gasteiger partial charge >= 0.3 is 0 Å². The summed E-state index contributed by atoms with van der Waals surface area (Å²) < 4.78 is 0. The van der Waals surface area contributed by atoms with Crippen LogP contribution in [-0.4, -0.2) is 37.6 Å². The molecule has 0 saturated heterocycles. The van der Waals surface area contributed by atoms with E-state index in [4.69, 9.17) is 0 Å². The van der Waals surface area contributed by atoms with Crippen LogP contribution >= 0.6 is 0 Å². The zero-order chi connectivity index (χ0) is 14.8. The van der Waals surface area contributed by atoms with Crippen molar-refractivity contribution in [2.75, 3.05) is 32.7 Å². The van der Waals surface area contributed by atoms with Gasteiger partial charge in [0, 0.05) is 18.5 Å². The van der Waals surface area contributed by atoms with Crippen molar-refractivity contribution in [3.8, 4) is 0 Å². The van der Waals surface area contributed by atoms with Gasteiger partial charge in [-0.2, -0.15) is 0 Å². The molecule has 114 valence electrons. The number of nitrogens with zero attached hydrogens (tertiary/aromatic N) is 1. The number of likely N-dealkylation sites (N-methyl/N-ethyl adjacent to an activating group) is 1. The predicted octanol–water partition coefficient (Wildman–Crippen LogP) is 3.68. The number of benzene rings is 1. The van der Waals surface area contributed by atoms with E-state index in [1.165, 1.54) is 31.5 Å². The molecule has 0 amide bonds. The number of hydrogen-bond acceptors (Lipinski definition) is 2. The molecule has 0 aliphatic carbocycles. The van der Waals surface area contributed by atoms with Crippen molar-refractivity contribution >= 4 is 0 Å². The summed E-state index contributed by atoms with van der Waals surface area (Å²) in [6, 6.07) is 11.0. The predicted molar refractivity (Wildman–Crippen MR) is 89.4 cm³/mol. The Morgan fingerprint density at radius 1 is 1.00 bits per heavy atom. The minimum Gasteiger partial charge on any atom is -0.316 e. The van der Waals surface area contributed by atoms with Gasteiger partial charge in [-0.3, -0.25) is 0 Å². The summed E-state index contributed by atoms with van der Waals surface area (Å²) in [6.07, 6.45) is 2.46. The Kier molecular flexibility index (Phi) is 7.86. The molecule has 1 N–H and O–H groups in total. The van der Waals surface area contributed by atoms with E-state index in [1.807, 2.05) is 0 Å². The molecule has 0 bridgehead atoms. The number of hydrogen-bond donors (Lipinski definition) is 1. The Labute approximate surface area is 125 Å². The summed E-state index contributed by atoms with van der Waals surface area (Å²) in [4.78, 5) is 2.62. The largest absolute Gasteiger partial charge is 0.316 e. The fourth-order valence-electron chi connectivity index (χ4n) is 2.89. The third-order valence-corrected chi connectivity index (χ3v) is 3.89. The maximum Gasteiger partial charge on any atom is 0.0177 e. The Morgan fingerprint density at radius 3 is 2.10 bits per heavy atom. The average molecular weight is 276 g/mol. The first-order valence-corrected chi connectivity index (χ1v) is 8.14. The number of nitrogens with one attached hydrogen (secondary N) is 1. The molecule has 0 aromatic heterocycles. The fraction of sp³-hybridized carbons (Fsp3) is 0.667. The van der Waals surface area contributed by atoms with Gasteiger partial charge in [-0.05, 0) is 38.0 Å². The molecule has 1 rings (SSSR count). The van der Waals surface area contributed by atoms with Crippen molar-refractivity contribution in [2.24, 2.45) is 0 Å². The van der Waals surface area contributed by atoms with Gasteiger partial charge in [-0.15, -0.1) is 0 Å². The summed E-state index contributed by atoms with van der Waals surface area (Å²) in [5.74, 6) is 0. The highest BCUT2D eigenvalue weighted by atomic mass is 15.1. The molecule has 0 aliphatic heterocycles. The van der Waals surface area contributed by atoms with Crippen LogP contribution in [0.25, 0.3) is 0 Å². The Hall–Kier alpha value is -0.860. The third kappa shape index (κ3) is 5.26. The lowest BCUT2D eigenvalue weighted by Crippen LogP contribution is -2.46. The maximum absolute atomic E-state index is 3.55. The van der Waals surface area contributed by atoms with Crippen LogP contribution in [0.1, 0.15) is 46.1 Å². The van der Waals surface area contributed by atoms with Gasteiger partial charge in [0.05, 0.1) is 0 Å². The summed E-state index contributed by atoms with van der Waals surface area (Å²) in [6.45, 7) is 14.7. The van der Waals surface area contributed by atoms with Crippen LogP contribution in [0.5, 0.6) is 0 Å². The lowest BCUT2D eigenvalue weighted by atomic mass is 9.81. The zero-order valence-corrected chi connectivity index (χ0v) is 13.8. The zero-order valence-electron chi connectivity index (χ0n) is 13.8. The molecule has 0 heterocycles. The second-order valence-corrected chi connectivity index (χ2v) is 5.98. The molecule has 1 aromatic rings. The van der Waals surface area contributed by atoms with Gasteiger partial charge < -0.3 is 10.2 Å². The first-order valence-electron chi connectivity index (χ1n) is 8.14. The van der Waals surface area contributed by atoms with Crippen LogP contribution in [0, 0.1) is 0 Å². The minimum atomic E-state index is 0.182. The van der Waals surface area contributed by atoms with E-state index in [0.717, 1.165) is 19.6 Å². The van der Waals surface area contributed by atoms with E-state index in [1.54, 1.807) is 0 Å². The van der Waals surface area contributed by atoms with Crippen molar-refractivity contribution in [2.45, 2.75) is 46.0 Å². The van der Waals surface area contributed by atoms with Crippen LogP contribution in [0.3, 0.4) is 0 Å². The van der Waals surface area contributed by atoms with E-state index >= 15 is 0 Å². The van der Waals surface area contributed by atoms with Crippen molar-refractivity contribution in [3.63, 3.8) is 0 Å². The van der Waals surface area contributed by atoms with Crippen molar-refractivity contribution in [3.05, 3.63) is 35.9 Å². The quantitative estimate of drug-likeness (QED) is 0.701. The van der Waals surface area contributed by atoms with Gasteiger partial charge in [0.15, 0.2) is 0 Å². The first kappa shape index (κ1) is 17.2. The summed E-state index contributed by atoms with van der Waals surface area (Å²) in [7, 11) is 0. The highest BCUT2D eigenvalue weighted by molar-refractivity contribution is 5.25. The second-order valence-electron chi connectivity index (χ2n) is 5.98. The molecule has 2 heteroatoms. The van der Waals surface area contributed by atoms with Crippen molar-refractivity contribution < 1.29 is 0 Å². The van der Waals surface area contributed by atoms with Crippen LogP contribution in [0.2, 0.25) is 0 Å². The van der Waals surface area contributed by atoms with Crippen LogP contribution in [0.4, 0.5) is 0 Å². The average Bonchev–Trinajstić information content (AvgIpc) is 2.47. The fourth-order valence-corrected chi connectivity index (χ4v) is 2.89. The summed E-state index contributed by atoms with van der Waals surface area (Å²) >= 11 is 0. The van der Waals surface area contributed by atoms with Gasteiger partial charge in [0.1, 0.15) is 0 Å². The molecular formula is C18H32N2. The van der Waals surface area contributed by atoms with Gasteiger partial charge in [-0.1, -0.05) is 58.0 Å². The van der Waals surface area contributed by atoms with Crippen LogP contribution < -0.4 is 5.32 Å². The summed E-state index contributed by atoms with van der Waals surface area (Å²) in [5.41, 5.74) is 1.62. The summed E-state index contributed by atoms with van der Waals surface area (Å²) in [5, 5.41) is 3.55. The molecule has 0 radical (unpaired) electrons. The third-order valence-electron chi connectivity index (χ3n) is 3.89. The lowest BCUT2D eigenvalue weighted by molar-refractivity contribution is 0.211. The van der Waals surface area contributed by atoms with E-state index in [-0.39, 0.29) is 5.41 Å². The van der Waals surface area contributed by atoms with Gasteiger partial charge in [-0.25, -0.2) is 0 Å². The Morgan fingerprint density at radius 2 is 1.60 bits per heavy atom. The molecule has 0 saturated carbocycles. The van der Waals surface area contributed by atoms with Gasteiger partial charge in [0.25, 0.3) is 0 Å². The lowest BCUT2D eigenvalue weighted by Gasteiger charge is -2.36. The second kappa shape index (κ2) is 9.15. The molecule has 1 aromatic carbocycles. The minimum absolute atomic E-state index is 0.182. The molecular weight excluding hydrogens is 244 g/mol. The van der Waals surface area contributed by atoms with E-state index < -0.39 is 0 Å². The van der Waals surface area contributed by atoms with Crippen molar-refractivity contribution in [1.82, 2.24) is 10.2 Å². The molecule has 0 aliphatic rings.